The summed E-state index contributed by atoms with van der Waals surface area (Å²) >= 11 is 0. The van der Waals surface area contributed by atoms with E-state index in [0.717, 1.165) is 22.4 Å². The highest BCUT2D eigenvalue weighted by Crippen LogP contribution is 2.49. The molecule has 3 aromatic rings. The normalized spacial score (nSPS) is 22.6. The van der Waals surface area contributed by atoms with E-state index < -0.39 is 10.0 Å². The number of ether oxygens (including phenoxy) is 1. The van der Waals surface area contributed by atoms with Crippen molar-refractivity contribution < 1.29 is 18.3 Å². The molecule has 0 bridgehead atoms. The molecule has 2 aliphatic rings. The first-order valence-corrected chi connectivity index (χ1v) is 12.2. The summed E-state index contributed by atoms with van der Waals surface area (Å²) in [6.07, 6.45) is 0.673. The predicted octanol–water partition coefficient (Wildman–Crippen LogP) is 3.90. The van der Waals surface area contributed by atoms with Crippen molar-refractivity contribution in [2.24, 2.45) is 5.92 Å². The molecule has 2 heterocycles. The van der Waals surface area contributed by atoms with Crippen molar-refractivity contribution in [1.82, 2.24) is 4.31 Å². The van der Waals surface area contributed by atoms with Crippen molar-refractivity contribution in [2.45, 2.75) is 23.4 Å². The average Bonchev–Trinajstić information content (AvgIpc) is 3.30. The first-order valence-electron chi connectivity index (χ1n) is 10.8. The Labute approximate surface area is 188 Å². The second-order valence-corrected chi connectivity index (χ2v) is 10.1. The van der Waals surface area contributed by atoms with Gasteiger partial charge >= 0.3 is 0 Å². The lowest BCUT2D eigenvalue weighted by Gasteiger charge is -2.39. The van der Waals surface area contributed by atoms with Gasteiger partial charge < -0.3 is 15.2 Å². The zero-order valence-electron chi connectivity index (χ0n) is 17.8. The van der Waals surface area contributed by atoms with Crippen LogP contribution in [0.2, 0.25) is 0 Å². The van der Waals surface area contributed by atoms with Gasteiger partial charge in [0.05, 0.1) is 25.8 Å². The Kier molecular flexibility index (Phi) is 5.41. The topological polar surface area (TPSA) is 78.9 Å². The van der Waals surface area contributed by atoms with E-state index in [0.29, 0.717) is 18.7 Å². The zero-order valence-corrected chi connectivity index (χ0v) is 18.6. The molecule has 0 amide bonds. The molecule has 7 heteroatoms. The number of nitrogens with zero attached hydrogens (tertiary/aromatic N) is 1. The van der Waals surface area contributed by atoms with Crippen LogP contribution in [0.25, 0.3) is 11.1 Å². The number of methoxy groups -OCH3 is 1. The lowest BCUT2D eigenvalue weighted by atomic mass is 9.82. The number of anilines is 1. The molecule has 0 spiro atoms. The number of nitrogens with one attached hydrogen (secondary N) is 1. The van der Waals surface area contributed by atoms with Crippen molar-refractivity contribution in [3.8, 4) is 16.9 Å². The molecular formula is C25H26N2O4S. The van der Waals surface area contributed by atoms with Crippen molar-refractivity contribution in [1.29, 1.82) is 0 Å². The van der Waals surface area contributed by atoms with Gasteiger partial charge in [-0.2, -0.15) is 4.31 Å². The zero-order chi connectivity index (χ0) is 22.3. The van der Waals surface area contributed by atoms with E-state index in [2.05, 4.69) is 11.4 Å². The number of hydrogen-bond donors (Lipinski definition) is 2. The van der Waals surface area contributed by atoms with Crippen LogP contribution in [0.1, 0.15) is 18.0 Å². The van der Waals surface area contributed by atoms with E-state index in [1.807, 2.05) is 42.5 Å². The second-order valence-electron chi connectivity index (χ2n) is 8.27. The number of sulfonamides is 1. The third-order valence-electron chi connectivity index (χ3n) is 6.59. The van der Waals surface area contributed by atoms with E-state index >= 15 is 0 Å². The highest BCUT2D eigenvalue weighted by molar-refractivity contribution is 7.89. The average molecular weight is 451 g/mol. The molecule has 1 saturated heterocycles. The van der Waals surface area contributed by atoms with Gasteiger partial charge in [0, 0.05) is 18.2 Å². The Bertz CT molecular complexity index is 1230. The third kappa shape index (κ3) is 3.37. The Morgan fingerprint density at radius 3 is 2.53 bits per heavy atom. The van der Waals surface area contributed by atoms with Gasteiger partial charge in [0.15, 0.2) is 0 Å². The van der Waals surface area contributed by atoms with E-state index in [9.17, 15) is 13.5 Å². The van der Waals surface area contributed by atoms with Crippen LogP contribution < -0.4 is 10.1 Å². The molecule has 2 aliphatic heterocycles. The van der Waals surface area contributed by atoms with E-state index in [4.69, 9.17) is 4.74 Å². The van der Waals surface area contributed by atoms with Crippen molar-refractivity contribution in [3.63, 3.8) is 0 Å². The van der Waals surface area contributed by atoms with Crippen LogP contribution in [0.3, 0.4) is 0 Å². The summed E-state index contributed by atoms with van der Waals surface area (Å²) in [7, 11) is -2.32. The molecule has 2 N–H and O–H groups in total. The molecule has 3 aromatic carbocycles. The summed E-state index contributed by atoms with van der Waals surface area (Å²) in [5, 5.41) is 13.5. The minimum Gasteiger partial charge on any atom is -0.495 e. The Balaban J connectivity index is 1.63. The van der Waals surface area contributed by atoms with Crippen LogP contribution in [-0.2, 0) is 10.0 Å². The number of benzene rings is 3. The van der Waals surface area contributed by atoms with E-state index in [1.165, 1.54) is 7.11 Å². The number of aliphatic hydroxyl groups excluding tert-OH is 1. The summed E-state index contributed by atoms with van der Waals surface area (Å²) in [6, 6.07) is 22.3. The van der Waals surface area contributed by atoms with Crippen LogP contribution in [0.5, 0.6) is 5.75 Å². The number of aliphatic hydroxyl groups is 1. The van der Waals surface area contributed by atoms with Gasteiger partial charge in [-0.1, -0.05) is 48.5 Å². The Morgan fingerprint density at radius 1 is 1.03 bits per heavy atom. The molecule has 3 atom stereocenters. The number of hydrogen-bond acceptors (Lipinski definition) is 5. The maximum Gasteiger partial charge on any atom is 0.247 e. The van der Waals surface area contributed by atoms with Crippen LogP contribution in [0, 0.1) is 5.92 Å². The summed E-state index contributed by atoms with van der Waals surface area (Å²) < 4.78 is 34.5. The predicted molar refractivity (Wildman–Crippen MR) is 124 cm³/mol. The molecule has 1 fully saturated rings. The molecular weight excluding hydrogens is 424 g/mol. The Hall–Kier alpha value is -2.87. The lowest BCUT2D eigenvalue weighted by Crippen LogP contribution is -2.42. The Morgan fingerprint density at radius 2 is 1.78 bits per heavy atom. The summed E-state index contributed by atoms with van der Waals surface area (Å²) in [5.74, 6) is 0.310. The van der Waals surface area contributed by atoms with E-state index in [-0.39, 0.29) is 29.5 Å². The quantitative estimate of drug-likeness (QED) is 0.616. The first-order chi connectivity index (χ1) is 15.5. The molecule has 0 saturated carbocycles. The van der Waals surface area contributed by atoms with Crippen LogP contribution in [-0.4, -0.2) is 44.1 Å². The van der Waals surface area contributed by atoms with Gasteiger partial charge in [0.25, 0.3) is 0 Å². The second kappa shape index (κ2) is 8.24. The fourth-order valence-electron chi connectivity index (χ4n) is 5.06. The molecule has 0 radical (unpaired) electrons. The SMILES string of the molecule is COc1ccccc1S(=O)(=O)N1CC[C@H]2[C@H](CO)Nc3ccc(-c4ccccc4)cc3[C@H]21. The van der Waals surface area contributed by atoms with Crippen LogP contribution in [0.15, 0.2) is 77.7 Å². The minimum atomic E-state index is -3.80. The maximum atomic E-state index is 13.8. The van der Waals surface area contributed by atoms with Crippen molar-refractivity contribution in [2.75, 3.05) is 25.6 Å². The highest BCUT2D eigenvalue weighted by Gasteiger charge is 2.49. The lowest BCUT2D eigenvalue weighted by molar-refractivity contribution is 0.210. The van der Waals surface area contributed by atoms with E-state index in [1.54, 1.807) is 28.6 Å². The van der Waals surface area contributed by atoms with Crippen LogP contribution in [0.4, 0.5) is 5.69 Å². The minimum absolute atomic E-state index is 0.0250. The fourth-order valence-corrected chi connectivity index (χ4v) is 6.88. The summed E-state index contributed by atoms with van der Waals surface area (Å²) in [5.41, 5.74) is 3.92. The summed E-state index contributed by atoms with van der Waals surface area (Å²) in [6.45, 7) is 0.340. The standard InChI is InChI=1S/C25H26N2O4S/c1-31-23-9-5-6-10-24(23)32(29,30)27-14-13-19-22(16-28)26-21-12-11-18(15-20(21)25(19)27)17-7-3-2-4-8-17/h2-12,15,19,22,25-26,28H,13-14,16H2,1H3/t19-,22-,25-/m0/s1. The number of fused-ring (bicyclic) bond motifs is 3. The smallest absolute Gasteiger partial charge is 0.247 e. The van der Waals surface area contributed by atoms with Gasteiger partial charge in [0.2, 0.25) is 10.0 Å². The van der Waals surface area contributed by atoms with Crippen molar-refractivity contribution >= 4 is 15.7 Å². The van der Waals surface area contributed by atoms with Gasteiger partial charge in [-0.3, -0.25) is 0 Å². The molecule has 5 rings (SSSR count). The number of rotatable bonds is 5. The van der Waals surface area contributed by atoms with Crippen molar-refractivity contribution in [3.05, 3.63) is 78.4 Å². The maximum absolute atomic E-state index is 13.8. The molecule has 0 unspecified atom stereocenters. The largest absolute Gasteiger partial charge is 0.495 e. The molecule has 0 aliphatic carbocycles. The molecule has 32 heavy (non-hydrogen) atoms. The van der Waals surface area contributed by atoms with Crippen LogP contribution >= 0.6 is 0 Å². The molecule has 0 aromatic heterocycles. The first kappa shape index (κ1) is 21.0. The van der Waals surface area contributed by atoms with Gasteiger partial charge in [-0.05, 0) is 47.4 Å². The summed E-state index contributed by atoms with van der Waals surface area (Å²) in [4.78, 5) is 0.169. The van der Waals surface area contributed by atoms with Gasteiger partial charge in [-0.15, -0.1) is 0 Å². The third-order valence-corrected chi connectivity index (χ3v) is 8.51. The monoisotopic (exact) mass is 450 g/mol. The molecule has 6 nitrogen and oxygen atoms in total. The fraction of sp³-hybridized carbons (Fsp3) is 0.280. The van der Waals surface area contributed by atoms with Gasteiger partial charge in [-0.25, -0.2) is 8.42 Å². The number of para-hydroxylation sites is 1. The van der Waals surface area contributed by atoms with Gasteiger partial charge in [0.1, 0.15) is 10.6 Å². The molecule has 166 valence electrons. The highest BCUT2D eigenvalue weighted by atomic mass is 32.2.